The summed E-state index contributed by atoms with van der Waals surface area (Å²) in [5, 5.41) is 0.361. The maximum absolute atomic E-state index is 12.4. The summed E-state index contributed by atoms with van der Waals surface area (Å²) in [5.74, 6) is 5.10. The Morgan fingerprint density at radius 1 is 1.31 bits per heavy atom. The molecule has 0 radical (unpaired) electrons. The molecule has 0 aliphatic carbocycles. The Hall–Kier alpha value is -1.28. The topological polar surface area (TPSA) is 17.1 Å². The highest BCUT2D eigenvalue weighted by molar-refractivity contribution is 9.09. The number of benzene rings is 1. The second kappa shape index (κ2) is 5.17. The number of hydrogen-bond donors (Lipinski definition) is 0. The number of alkyl halides is 4. The number of hydrogen-bond acceptors (Lipinski definition) is 1. The highest BCUT2D eigenvalue weighted by atomic mass is 79.9. The molecule has 1 rings (SSSR count). The molecule has 5 heteroatoms. The molecule has 0 saturated heterocycles. The van der Waals surface area contributed by atoms with Crippen LogP contribution in [-0.4, -0.2) is 11.6 Å². The highest BCUT2D eigenvalue weighted by Gasteiger charge is 2.31. The van der Waals surface area contributed by atoms with Crippen molar-refractivity contribution in [2.24, 2.45) is 0 Å². The summed E-state index contributed by atoms with van der Waals surface area (Å²) in [6.45, 7) is 0. The third-order valence-electron chi connectivity index (χ3n) is 1.72. The predicted molar refractivity (Wildman–Crippen MR) is 57.5 cm³/mol. The van der Waals surface area contributed by atoms with Crippen LogP contribution in [0.3, 0.4) is 0 Å². The molecule has 1 nitrogen and oxygen atoms in total. The van der Waals surface area contributed by atoms with Crippen molar-refractivity contribution < 1.29 is 18.0 Å². The third-order valence-corrected chi connectivity index (χ3v) is 2.00. The fourth-order valence-electron chi connectivity index (χ4n) is 1.09. The lowest BCUT2D eigenvalue weighted by atomic mass is 10.1. The number of aldehydes is 1. The Bertz CT molecular complexity index is 455. The molecule has 0 amide bonds. The maximum Gasteiger partial charge on any atom is 0.416 e. The van der Waals surface area contributed by atoms with Gasteiger partial charge in [-0.1, -0.05) is 27.8 Å². The van der Waals surface area contributed by atoms with Crippen LogP contribution >= 0.6 is 15.9 Å². The molecule has 0 spiro atoms. The van der Waals surface area contributed by atoms with Crippen LogP contribution in [0, 0.1) is 11.8 Å². The van der Waals surface area contributed by atoms with E-state index in [-0.39, 0.29) is 11.1 Å². The molecule has 84 valence electrons. The van der Waals surface area contributed by atoms with Crippen molar-refractivity contribution in [3.05, 3.63) is 34.9 Å². The zero-order valence-corrected chi connectivity index (χ0v) is 9.52. The van der Waals surface area contributed by atoms with Crippen molar-refractivity contribution in [3.8, 4) is 11.8 Å². The van der Waals surface area contributed by atoms with Gasteiger partial charge >= 0.3 is 6.18 Å². The van der Waals surface area contributed by atoms with E-state index in [0.717, 1.165) is 12.1 Å². The molecule has 16 heavy (non-hydrogen) atoms. The van der Waals surface area contributed by atoms with E-state index in [1.165, 1.54) is 6.07 Å². The fraction of sp³-hybridized carbons (Fsp3) is 0.182. The van der Waals surface area contributed by atoms with E-state index in [4.69, 9.17) is 0 Å². The van der Waals surface area contributed by atoms with Gasteiger partial charge in [-0.15, -0.1) is 0 Å². The van der Waals surface area contributed by atoms with Gasteiger partial charge < -0.3 is 0 Å². The maximum atomic E-state index is 12.4. The van der Waals surface area contributed by atoms with E-state index in [2.05, 4.69) is 27.8 Å². The van der Waals surface area contributed by atoms with Gasteiger partial charge in [-0.25, -0.2) is 0 Å². The normalized spacial score (nSPS) is 10.5. The van der Waals surface area contributed by atoms with E-state index in [1.54, 1.807) is 0 Å². The largest absolute Gasteiger partial charge is 0.416 e. The average molecular weight is 291 g/mol. The van der Waals surface area contributed by atoms with Crippen LogP contribution in [0.5, 0.6) is 0 Å². The molecule has 0 unspecified atom stereocenters. The molecule has 0 fully saturated rings. The Morgan fingerprint density at radius 2 is 2.00 bits per heavy atom. The van der Waals surface area contributed by atoms with Crippen molar-refractivity contribution in [3.63, 3.8) is 0 Å². The minimum absolute atomic E-state index is 0.0336. The molecular weight excluding hydrogens is 285 g/mol. The van der Waals surface area contributed by atoms with E-state index in [0.29, 0.717) is 11.6 Å². The van der Waals surface area contributed by atoms with Crippen LogP contribution < -0.4 is 0 Å². The lowest BCUT2D eigenvalue weighted by molar-refractivity contribution is -0.137. The minimum Gasteiger partial charge on any atom is -0.298 e. The van der Waals surface area contributed by atoms with Gasteiger partial charge in [-0.3, -0.25) is 4.79 Å². The van der Waals surface area contributed by atoms with E-state index >= 15 is 0 Å². The molecular formula is C11H6BrF3O. The van der Waals surface area contributed by atoms with Crippen LogP contribution in [0.25, 0.3) is 0 Å². The van der Waals surface area contributed by atoms with E-state index in [1.807, 2.05) is 0 Å². The van der Waals surface area contributed by atoms with Gasteiger partial charge in [0.2, 0.25) is 0 Å². The van der Waals surface area contributed by atoms with Crippen LogP contribution in [0.1, 0.15) is 21.5 Å². The molecule has 0 heterocycles. The Balaban J connectivity index is 3.26. The van der Waals surface area contributed by atoms with Gasteiger partial charge in [0.05, 0.1) is 10.9 Å². The van der Waals surface area contributed by atoms with Gasteiger partial charge in [0.15, 0.2) is 0 Å². The first-order valence-electron chi connectivity index (χ1n) is 4.19. The van der Waals surface area contributed by atoms with Gasteiger partial charge in [-0.05, 0) is 18.2 Å². The van der Waals surface area contributed by atoms with E-state index < -0.39 is 11.7 Å². The highest BCUT2D eigenvalue weighted by Crippen LogP contribution is 2.30. The SMILES string of the molecule is O=Cc1cc(C#CCBr)cc(C(F)(F)F)c1. The number of rotatable bonds is 1. The Labute approximate surface area is 98.8 Å². The monoisotopic (exact) mass is 290 g/mol. The van der Waals surface area contributed by atoms with Crippen molar-refractivity contribution in [2.75, 3.05) is 5.33 Å². The lowest BCUT2D eigenvalue weighted by Crippen LogP contribution is -2.06. The Kier molecular flexibility index (Phi) is 4.13. The van der Waals surface area contributed by atoms with Crippen molar-refractivity contribution >= 4 is 22.2 Å². The van der Waals surface area contributed by atoms with Crippen molar-refractivity contribution in [2.45, 2.75) is 6.18 Å². The molecule has 0 bridgehead atoms. The second-order valence-corrected chi connectivity index (χ2v) is 3.46. The Morgan fingerprint density at radius 3 is 2.50 bits per heavy atom. The lowest BCUT2D eigenvalue weighted by Gasteiger charge is -2.07. The molecule has 1 aromatic rings. The first-order chi connectivity index (χ1) is 7.47. The number of halogens is 4. The summed E-state index contributed by atoms with van der Waals surface area (Å²) >= 11 is 3.04. The molecule has 1 aromatic carbocycles. The zero-order valence-electron chi connectivity index (χ0n) is 7.94. The minimum atomic E-state index is -4.47. The summed E-state index contributed by atoms with van der Waals surface area (Å²) < 4.78 is 37.3. The van der Waals surface area contributed by atoms with Crippen molar-refractivity contribution in [1.82, 2.24) is 0 Å². The first-order valence-corrected chi connectivity index (χ1v) is 5.32. The summed E-state index contributed by atoms with van der Waals surface area (Å²) in [6, 6.07) is 3.03. The molecule has 0 aromatic heterocycles. The molecule has 0 N–H and O–H groups in total. The third kappa shape index (κ3) is 3.38. The standard InChI is InChI=1S/C11H6BrF3O/c12-3-1-2-8-4-9(7-16)6-10(5-8)11(13,14)15/h4-7H,3H2. The van der Waals surface area contributed by atoms with Crippen LogP contribution in [0.15, 0.2) is 18.2 Å². The van der Waals surface area contributed by atoms with Crippen LogP contribution in [0.2, 0.25) is 0 Å². The van der Waals surface area contributed by atoms with Crippen molar-refractivity contribution in [1.29, 1.82) is 0 Å². The first kappa shape index (κ1) is 12.8. The van der Waals surface area contributed by atoms with Gasteiger partial charge in [0, 0.05) is 11.1 Å². The molecule has 0 saturated carbocycles. The number of carbonyl (C=O) groups is 1. The molecule has 0 aliphatic rings. The summed E-state index contributed by atoms with van der Waals surface area (Å²) in [7, 11) is 0. The smallest absolute Gasteiger partial charge is 0.298 e. The van der Waals surface area contributed by atoms with Crippen LogP contribution in [-0.2, 0) is 6.18 Å². The van der Waals surface area contributed by atoms with Gasteiger partial charge in [-0.2, -0.15) is 13.2 Å². The van der Waals surface area contributed by atoms with Gasteiger partial charge in [0.25, 0.3) is 0 Å². The predicted octanol–water partition coefficient (Wildman–Crippen LogP) is 3.26. The summed E-state index contributed by atoms with van der Waals surface area (Å²) in [4.78, 5) is 10.5. The van der Waals surface area contributed by atoms with E-state index in [9.17, 15) is 18.0 Å². The van der Waals surface area contributed by atoms with Gasteiger partial charge in [0.1, 0.15) is 6.29 Å². The summed E-state index contributed by atoms with van der Waals surface area (Å²) in [5.41, 5.74) is -0.721. The van der Waals surface area contributed by atoms with Crippen LogP contribution in [0.4, 0.5) is 13.2 Å². The average Bonchev–Trinajstić information content (AvgIpc) is 2.24. The molecule has 0 atom stereocenters. The number of carbonyl (C=O) groups excluding carboxylic acids is 1. The quantitative estimate of drug-likeness (QED) is 0.441. The second-order valence-electron chi connectivity index (χ2n) is 2.89. The summed E-state index contributed by atoms with van der Waals surface area (Å²) in [6.07, 6.45) is -4.10. The molecule has 0 aliphatic heterocycles. The zero-order chi connectivity index (χ0) is 12.2. The fourth-order valence-corrected chi connectivity index (χ4v) is 1.23.